The molecule has 0 aliphatic heterocycles. The number of hydrogen-bond donors (Lipinski definition) is 2. The first kappa shape index (κ1) is 21.5. The molecule has 0 heterocycles. The molecule has 25 heavy (non-hydrogen) atoms. The Balaban J connectivity index is 0.00000312. The van der Waals surface area contributed by atoms with Gasteiger partial charge in [-0.3, -0.25) is 9.59 Å². The first-order valence-electron chi connectivity index (χ1n) is 8.75. The average molecular weight is 369 g/mol. The van der Waals surface area contributed by atoms with Crippen molar-refractivity contribution in [3.63, 3.8) is 0 Å². The number of nitrogens with one attached hydrogen (secondary N) is 1. The van der Waals surface area contributed by atoms with Gasteiger partial charge < -0.3 is 15.8 Å². The van der Waals surface area contributed by atoms with Crippen LogP contribution in [0.25, 0.3) is 0 Å². The van der Waals surface area contributed by atoms with Gasteiger partial charge in [0.15, 0.2) is 5.78 Å². The van der Waals surface area contributed by atoms with Gasteiger partial charge in [0.1, 0.15) is 5.75 Å². The molecule has 0 saturated heterocycles. The number of benzene rings is 1. The Bertz CT molecular complexity index is 573. The molecule has 140 valence electrons. The number of ketones is 1. The van der Waals surface area contributed by atoms with Gasteiger partial charge in [0.25, 0.3) is 0 Å². The van der Waals surface area contributed by atoms with Crippen LogP contribution in [0, 0.1) is 5.92 Å². The van der Waals surface area contributed by atoms with Crippen molar-refractivity contribution in [2.45, 2.75) is 51.5 Å². The number of carbonyl (C=O) groups is 2. The van der Waals surface area contributed by atoms with Gasteiger partial charge in [0.05, 0.1) is 12.1 Å². The SMILES string of the molecule is CCCOc1ccc(C(=O)CCC(=O)NC(C)(CN)C2CC2)cc1.Cl. The van der Waals surface area contributed by atoms with Crippen LogP contribution in [0.15, 0.2) is 24.3 Å². The first-order chi connectivity index (χ1) is 11.5. The quantitative estimate of drug-likeness (QED) is 0.622. The summed E-state index contributed by atoms with van der Waals surface area (Å²) in [5.74, 6) is 1.09. The zero-order valence-electron chi connectivity index (χ0n) is 15.0. The summed E-state index contributed by atoms with van der Waals surface area (Å²) in [6.07, 6.45) is 3.55. The third-order valence-corrected chi connectivity index (χ3v) is 4.56. The highest BCUT2D eigenvalue weighted by atomic mass is 35.5. The summed E-state index contributed by atoms with van der Waals surface area (Å²) in [5, 5.41) is 3.01. The Morgan fingerprint density at radius 1 is 1.24 bits per heavy atom. The molecule has 1 aromatic carbocycles. The second-order valence-corrected chi connectivity index (χ2v) is 6.74. The Hall–Kier alpha value is -1.59. The van der Waals surface area contributed by atoms with E-state index in [1.54, 1.807) is 24.3 Å². The largest absolute Gasteiger partial charge is 0.494 e. The zero-order chi connectivity index (χ0) is 17.6. The van der Waals surface area contributed by atoms with Crippen LogP contribution >= 0.6 is 12.4 Å². The van der Waals surface area contributed by atoms with Gasteiger partial charge in [-0.1, -0.05) is 6.92 Å². The lowest BCUT2D eigenvalue weighted by molar-refractivity contribution is -0.123. The van der Waals surface area contributed by atoms with Crippen molar-refractivity contribution in [2.24, 2.45) is 11.7 Å². The second kappa shape index (κ2) is 9.78. The third-order valence-electron chi connectivity index (χ3n) is 4.56. The normalized spacial score (nSPS) is 15.6. The molecule has 0 bridgehead atoms. The van der Waals surface area contributed by atoms with Gasteiger partial charge in [-0.25, -0.2) is 0 Å². The molecule has 1 aliphatic rings. The lowest BCUT2D eigenvalue weighted by Gasteiger charge is -2.29. The maximum Gasteiger partial charge on any atom is 0.220 e. The highest BCUT2D eigenvalue weighted by Gasteiger charge is 2.41. The van der Waals surface area contributed by atoms with Crippen LogP contribution in [0.2, 0.25) is 0 Å². The van der Waals surface area contributed by atoms with Gasteiger partial charge in [0.2, 0.25) is 5.91 Å². The third kappa shape index (κ3) is 6.33. The second-order valence-electron chi connectivity index (χ2n) is 6.74. The van der Waals surface area contributed by atoms with E-state index in [1.165, 1.54) is 0 Å². The molecule has 5 nitrogen and oxygen atoms in total. The fourth-order valence-corrected chi connectivity index (χ4v) is 2.75. The zero-order valence-corrected chi connectivity index (χ0v) is 15.9. The lowest BCUT2D eigenvalue weighted by Crippen LogP contribution is -2.53. The molecule has 0 radical (unpaired) electrons. The highest BCUT2D eigenvalue weighted by Crippen LogP contribution is 2.39. The lowest BCUT2D eigenvalue weighted by atomic mass is 9.95. The van der Waals surface area contributed by atoms with E-state index < -0.39 is 0 Å². The predicted molar refractivity (Wildman–Crippen MR) is 101 cm³/mol. The molecule has 6 heteroatoms. The molecule has 3 N–H and O–H groups in total. The number of amides is 1. The van der Waals surface area contributed by atoms with Crippen molar-refractivity contribution < 1.29 is 14.3 Å². The predicted octanol–water partition coefficient (Wildman–Crippen LogP) is 3.10. The smallest absolute Gasteiger partial charge is 0.220 e. The van der Waals surface area contributed by atoms with Gasteiger partial charge in [-0.2, -0.15) is 0 Å². The maximum absolute atomic E-state index is 12.2. The van der Waals surface area contributed by atoms with E-state index in [9.17, 15) is 9.59 Å². The van der Waals surface area contributed by atoms with Crippen LogP contribution in [-0.2, 0) is 4.79 Å². The number of ether oxygens (including phenoxy) is 1. The fraction of sp³-hybridized carbons (Fsp3) is 0.579. The van der Waals surface area contributed by atoms with Crippen LogP contribution in [0.5, 0.6) is 5.75 Å². The Labute approximate surface area is 156 Å². The highest BCUT2D eigenvalue weighted by molar-refractivity contribution is 5.98. The first-order valence-corrected chi connectivity index (χ1v) is 8.75. The Morgan fingerprint density at radius 3 is 2.40 bits per heavy atom. The van der Waals surface area contributed by atoms with Crippen molar-refractivity contribution in [1.82, 2.24) is 5.32 Å². The molecule has 1 aromatic rings. The number of carbonyl (C=O) groups excluding carboxylic acids is 2. The fourth-order valence-electron chi connectivity index (χ4n) is 2.75. The van der Waals surface area contributed by atoms with E-state index in [1.807, 2.05) is 13.8 Å². The standard InChI is InChI=1S/C19H28N2O3.ClH/c1-3-12-24-16-8-4-14(5-9-16)17(22)10-11-18(23)21-19(2,13-20)15-6-7-15;/h4-5,8-9,15H,3,6-7,10-13,20H2,1-2H3,(H,21,23);1H. The molecule has 0 spiro atoms. The molecule has 0 aromatic heterocycles. The summed E-state index contributed by atoms with van der Waals surface area (Å²) in [4.78, 5) is 24.3. The topological polar surface area (TPSA) is 81.4 Å². The summed E-state index contributed by atoms with van der Waals surface area (Å²) < 4.78 is 5.50. The summed E-state index contributed by atoms with van der Waals surface area (Å²) in [6, 6.07) is 7.09. The summed E-state index contributed by atoms with van der Waals surface area (Å²) in [5.41, 5.74) is 6.07. The van der Waals surface area contributed by atoms with Gasteiger partial charge in [-0.15, -0.1) is 12.4 Å². The van der Waals surface area contributed by atoms with Crippen LogP contribution in [0.4, 0.5) is 0 Å². The van der Waals surface area contributed by atoms with Crippen molar-refractivity contribution in [3.8, 4) is 5.75 Å². The Morgan fingerprint density at radius 2 is 1.88 bits per heavy atom. The van der Waals surface area contributed by atoms with Crippen molar-refractivity contribution >= 4 is 24.1 Å². The van der Waals surface area contributed by atoms with Crippen LogP contribution in [0.3, 0.4) is 0 Å². The monoisotopic (exact) mass is 368 g/mol. The molecular formula is C19H29ClN2O3. The van der Waals surface area contributed by atoms with Crippen LogP contribution in [-0.4, -0.2) is 30.4 Å². The molecular weight excluding hydrogens is 340 g/mol. The molecule has 1 unspecified atom stereocenters. The molecule has 1 atom stereocenters. The van der Waals surface area contributed by atoms with E-state index >= 15 is 0 Å². The van der Waals surface area contributed by atoms with E-state index in [4.69, 9.17) is 10.5 Å². The van der Waals surface area contributed by atoms with Gasteiger partial charge in [-0.05, 0) is 56.4 Å². The van der Waals surface area contributed by atoms with E-state index in [-0.39, 0.29) is 42.5 Å². The average Bonchev–Trinajstić information content (AvgIpc) is 3.43. The molecule has 1 fully saturated rings. The number of rotatable bonds is 10. The summed E-state index contributed by atoms with van der Waals surface area (Å²) in [6.45, 7) is 5.12. The minimum absolute atomic E-state index is 0. The maximum atomic E-state index is 12.2. The Kier molecular flexibility index (Phi) is 8.39. The van der Waals surface area contributed by atoms with Gasteiger partial charge in [0, 0.05) is 24.9 Å². The molecule has 1 saturated carbocycles. The molecule has 1 amide bonds. The van der Waals surface area contributed by atoms with Crippen molar-refractivity contribution in [1.29, 1.82) is 0 Å². The van der Waals surface area contributed by atoms with E-state index in [2.05, 4.69) is 5.32 Å². The number of halogens is 1. The van der Waals surface area contributed by atoms with Crippen molar-refractivity contribution in [3.05, 3.63) is 29.8 Å². The number of Topliss-reactive ketones (excluding diaryl/α,β-unsaturated/α-hetero) is 1. The van der Waals surface area contributed by atoms with Crippen LogP contribution in [0.1, 0.15) is 56.3 Å². The molecule has 1 aliphatic carbocycles. The van der Waals surface area contributed by atoms with Gasteiger partial charge >= 0.3 is 0 Å². The number of hydrogen-bond acceptors (Lipinski definition) is 4. The molecule has 2 rings (SSSR count). The van der Waals surface area contributed by atoms with E-state index in [0.717, 1.165) is 25.0 Å². The van der Waals surface area contributed by atoms with E-state index in [0.29, 0.717) is 24.6 Å². The minimum atomic E-state index is -0.335. The van der Waals surface area contributed by atoms with Crippen molar-refractivity contribution in [2.75, 3.05) is 13.2 Å². The van der Waals surface area contributed by atoms with Crippen LogP contribution < -0.4 is 15.8 Å². The summed E-state index contributed by atoms with van der Waals surface area (Å²) >= 11 is 0. The number of nitrogens with two attached hydrogens (primary N) is 1. The summed E-state index contributed by atoms with van der Waals surface area (Å²) in [7, 11) is 0. The minimum Gasteiger partial charge on any atom is -0.494 e.